The van der Waals surface area contributed by atoms with Crippen molar-refractivity contribution in [3.05, 3.63) is 28.0 Å². The molecule has 0 spiro atoms. The smallest absolute Gasteiger partial charge is 0.0696 e. The van der Waals surface area contributed by atoms with Crippen LogP contribution in [-0.2, 0) is 0 Å². The van der Waals surface area contributed by atoms with Gasteiger partial charge in [-0.2, -0.15) is 5.10 Å². The fourth-order valence-corrected chi connectivity index (χ4v) is 3.57. The molecule has 1 aliphatic carbocycles. The first-order chi connectivity index (χ1) is 8.78. The Kier molecular flexibility index (Phi) is 3.59. The maximum atomic E-state index is 4.62. The summed E-state index contributed by atoms with van der Waals surface area (Å²) in [6.45, 7) is 2.32. The van der Waals surface area contributed by atoms with Gasteiger partial charge in [-0.3, -0.25) is 4.68 Å². The summed E-state index contributed by atoms with van der Waals surface area (Å²) >= 11 is 2.38. The number of aromatic nitrogens is 2. The zero-order valence-corrected chi connectivity index (χ0v) is 12.9. The van der Waals surface area contributed by atoms with E-state index in [2.05, 4.69) is 57.5 Å². The van der Waals surface area contributed by atoms with E-state index in [9.17, 15) is 0 Å². The van der Waals surface area contributed by atoms with Gasteiger partial charge >= 0.3 is 0 Å². The van der Waals surface area contributed by atoms with Crippen LogP contribution in [-0.4, -0.2) is 9.78 Å². The molecule has 1 saturated carbocycles. The molecule has 1 fully saturated rings. The number of nitrogens with zero attached hydrogens (tertiary/aromatic N) is 2. The van der Waals surface area contributed by atoms with Crippen LogP contribution in [0.3, 0.4) is 0 Å². The van der Waals surface area contributed by atoms with Crippen molar-refractivity contribution in [3.8, 4) is 0 Å². The third-order valence-electron chi connectivity index (χ3n) is 4.30. The third-order valence-corrected chi connectivity index (χ3v) is 4.97. The van der Waals surface area contributed by atoms with Gasteiger partial charge in [0.2, 0.25) is 0 Å². The summed E-state index contributed by atoms with van der Waals surface area (Å²) in [5.41, 5.74) is 1.31. The van der Waals surface area contributed by atoms with Crippen LogP contribution >= 0.6 is 22.6 Å². The number of rotatable bonds is 2. The minimum atomic E-state index is 0.614. The molecule has 0 radical (unpaired) electrons. The summed E-state index contributed by atoms with van der Waals surface area (Å²) in [6.07, 6.45) is 8.67. The lowest BCUT2D eigenvalue weighted by Crippen LogP contribution is -2.18. The normalized spacial score (nSPS) is 24.6. The van der Waals surface area contributed by atoms with Crippen molar-refractivity contribution < 1.29 is 0 Å². The van der Waals surface area contributed by atoms with E-state index in [0.29, 0.717) is 6.04 Å². The molecule has 1 aromatic carbocycles. The highest BCUT2D eigenvalue weighted by Gasteiger charge is 2.22. The number of hydrogen-bond donors (Lipinski definition) is 0. The molecule has 2 aromatic rings. The summed E-state index contributed by atoms with van der Waals surface area (Å²) in [4.78, 5) is 0. The Morgan fingerprint density at radius 2 is 2.06 bits per heavy atom. The van der Waals surface area contributed by atoms with Gasteiger partial charge in [-0.25, -0.2) is 0 Å². The van der Waals surface area contributed by atoms with Gasteiger partial charge in [0.15, 0.2) is 0 Å². The van der Waals surface area contributed by atoms with Crippen LogP contribution in [0.25, 0.3) is 10.9 Å². The number of benzene rings is 1. The largest absolute Gasteiger partial charge is 0.262 e. The van der Waals surface area contributed by atoms with Crippen LogP contribution in [0, 0.1) is 9.49 Å². The molecular formula is C15H19IN2. The number of halogens is 1. The molecule has 3 rings (SSSR count). The van der Waals surface area contributed by atoms with Crippen LogP contribution in [0.1, 0.15) is 45.1 Å². The fraction of sp³-hybridized carbons (Fsp3) is 0.533. The lowest BCUT2D eigenvalue weighted by molar-refractivity contribution is 0.261. The van der Waals surface area contributed by atoms with E-state index >= 15 is 0 Å². The van der Waals surface area contributed by atoms with Crippen LogP contribution < -0.4 is 0 Å². The second-order valence-corrected chi connectivity index (χ2v) is 6.62. The van der Waals surface area contributed by atoms with Gasteiger partial charge in [0, 0.05) is 8.96 Å². The van der Waals surface area contributed by atoms with Crippen molar-refractivity contribution in [1.29, 1.82) is 0 Å². The third kappa shape index (κ3) is 2.29. The lowest BCUT2D eigenvalue weighted by Gasteiger charge is -2.28. The van der Waals surface area contributed by atoms with Crippen molar-refractivity contribution in [2.24, 2.45) is 5.92 Å². The molecule has 3 heteroatoms. The van der Waals surface area contributed by atoms with Crippen molar-refractivity contribution >= 4 is 33.5 Å². The van der Waals surface area contributed by atoms with Crippen LogP contribution in [0.5, 0.6) is 0 Å². The molecule has 0 atom stereocenters. The first kappa shape index (κ1) is 12.5. The predicted molar refractivity (Wildman–Crippen MR) is 83.7 cm³/mol. The van der Waals surface area contributed by atoms with E-state index in [1.807, 2.05) is 6.20 Å². The molecule has 2 nitrogen and oxygen atoms in total. The Hall–Kier alpha value is -0.580. The van der Waals surface area contributed by atoms with Crippen molar-refractivity contribution in [1.82, 2.24) is 9.78 Å². The van der Waals surface area contributed by atoms with E-state index in [1.165, 1.54) is 46.6 Å². The SMILES string of the molecule is CCC1CCC(n2ncc3ccc(I)cc32)CC1. The highest BCUT2D eigenvalue weighted by Crippen LogP contribution is 2.35. The average molecular weight is 354 g/mol. The molecule has 1 heterocycles. The Balaban J connectivity index is 1.88. The first-order valence-electron chi connectivity index (χ1n) is 6.90. The quantitative estimate of drug-likeness (QED) is 0.710. The van der Waals surface area contributed by atoms with E-state index < -0.39 is 0 Å². The highest BCUT2D eigenvalue weighted by atomic mass is 127. The summed E-state index contributed by atoms with van der Waals surface area (Å²) in [5, 5.41) is 5.90. The molecule has 1 aromatic heterocycles. The molecule has 1 aliphatic rings. The average Bonchev–Trinajstić information content (AvgIpc) is 2.82. The van der Waals surface area contributed by atoms with Crippen molar-refractivity contribution in [3.63, 3.8) is 0 Å². The van der Waals surface area contributed by atoms with Gasteiger partial charge in [-0.1, -0.05) is 19.4 Å². The molecule has 0 unspecified atom stereocenters. The Morgan fingerprint density at radius 1 is 1.28 bits per heavy atom. The van der Waals surface area contributed by atoms with E-state index in [4.69, 9.17) is 0 Å². The molecule has 0 saturated heterocycles. The summed E-state index contributed by atoms with van der Waals surface area (Å²) < 4.78 is 3.56. The van der Waals surface area contributed by atoms with E-state index in [1.54, 1.807) is 0 Å². The molecule has 18 heavy (non-hydrogen) atoms. The first-order valence-corrected chi connectivity index (χ1v) is 7.98. The van der Waals surface area contributed by atoms with E-state index in [-0.39, 0.29) is 0 Å². The van der Waals surface area contributed by atoms with Gasteiger partial charge in [0.1, 0.15) is 0 Å². The Morgan fingerprint density at radius 3 is 2.78 bits per heavy atom. The number of hydrogen-bond acceptors (Lipinski definition) is 1. The van der Waals surface area contributed by atoms with Gasteiger partial charge in [-0.15, -0.1) is 0 Å². The van der Waals surface area contributed by atoms with Gasteiger partial charge in [-0.05, 0) is 66.3 Å². The standard InChI is InChI=1S/C15H19IN2/c1-2-11-3-7-14(8-4-11)18-15-9-13(16)6-5-12(15)10-17-18/h5-6,9-11,14H,2-4,7-8H2,1H3. The van der Waals surface area contributed by atoms with Crippen LogP contribution in [0.4, 0.5) is 0 Å². The van der Waals surface area contributed by atoms with Crippen molar-refractivity contribution in [2.75, 3.05) is 0 Å². The molecule has 0 N–H and O–H groups in total. The lowest BCUT2D eigenvalue weighted by atomic mass is 9.84. The van der Waals surface area contributed by atoms with Gasteiger partial charge < -0.3 is 0 Å². The minimum Gasteiger partial charge on any atom is -0.262 e. The monoisotopic (exact) mass is 354 g/mol. The van der Waals surface area contributed by atoms with Crippen LogP contribution in [0.2, 0.25) is 0 Å². The molecule has 0 amide bonds. The van der Waals surface area contributed by atoms with Gasteiger partial charge in [0.05, 0.1) is 17.8 Å². The molecule has 0 bridgehead atoms. The minimum absolute atomic E-state index is 0.614. The molecule has 96 valence electrons. The Bertz CT molecular complexity index is 538. The Labute approximate surface area is 122 Å². The maximum absolute atomic E-state index is 4.62. The fourth-order valence-electron chi connectivity index (χ4n) is 3.10. The van der Waals surface area contributed by atoms with Crippen molar-refractivity contribution in [2.45, 2.75) is 45.1 Å². The van der Waals surface area contributed by atoms with E-state index in [0.717, 1.165) is 5.92 Å². The summed E-state index contributed by atoms with van der Waals surface area (Å²) in [5.74, 6) is 0.947. The predicted octanol–water partition coefficient (Wildman–Crippen LogP) is 4.78. The maximum Gasteiger partial charge on any atom is 0.0696 e. The number of fused-ring (bicyclic) bond motifs is 1. The zero-order valence-electron chi connectivity index (χ0n) is 10.8. The zero-order chi connectivity index (χ0) is 12.5. The summed E-state index contributed by atoms with van der Waals surface area (Å²) in [7, 11) is 0. The summed E-state index contributed by atoms with van der Waals surface area (Å²) in [6, 6.07) is 7.21. The second-order valence-electron chi connectivity index (χ2n) is 5.38. The molecular weight excluding hydrogens is 335 g/mol. The molecule has 0 aliphatic heterocycles. The topological polar surface area (TPSA) is 17.8 Å². The van der Waals surface area contributed by atoms with Gasteiger partial charge in [0.25, 0.3) is 0 Å². The highest BCUT2D eigenvalue weighted by molar-refractivity contribution is 14.1. The second kappa shape index (κ2) is 5.19. The van der Waals surface area contributed by atoms with Crippen LogP contribution in [0.15, 0.2) is 24.4 Å².